The quantitative estimate of drug-likeness (QED) is 0.650. The van der Waals surface area contributed by atoms with Crippen molar-refractivity contribution in [2.75, 3.05) is 5.32 Å². The number of aromatic nitrogens is 4. The van der Waals surface area contributed by atoms with E-state index in [2.05, 4.69) is 15.4 Å². The Morgan fingerprint density at radius 1 is 1.21 bits per heavy atom. The van der Waals surface area contributed by atoms with Gasteiger partial charge >= 0.3 is 5.97 Å². The minimum atomic E-state index is -0.412. The lowest BCUT2D eigenvalue weighted by molar-refractivity contribution is -0.116. The van der Waals surface area contributed by atoms with Crippen LogP contribution in [0.2, 0.25) is 0 Å². The zero-order chi connectivity index (χ0) is 20.3. The van der Waals surface area contributed by atoms with Crippen molar-refractivity contribution in [1.29, 1.82) is 0 Å². The Kier molecular flexibility index (Phi) is 5.53. The molecule has 0 fully saturated rings. The van der Waals surface area contributed by atoms with E-state index in [9.17, 15) is 14.4 Å². The van der Waals surface area contributed by atoms with Gasteiger partial charge in [0.15, 0.2) is 5.65 Å². The molecule has 1 amide bonds. The van der Waals surface area contributed by atoms with Gasteiger partial charge in [0.05, 0.1) is 24.2 Å². The van der Waals surface area contributed by atoms with Crippen LogP contribution >= 0.6 is 0 Å². The van der Waals surface area contributed by atoms with Gasteiger partial charge in [0, 0.05) is 25.7 Å². The molecule has 28 heavy (non-hydrogen) atoms. The smallest absolute Gasteiger partial charge is 0.338 e. The molecular formula is C19H21N5O4. The average molecular weight is 383 g/mol. The summed E-state index contributed by atoms with van der Waals surface area (Å²) in [4.78, 5) is 40.6. The fraction of sp³-hybridized carbons (Fsp3) is 0.316. The van der Waals surface area contributed by atoms with Gasteiger partial charge in [-0.1, -0.05) is 0 Å². The number of aryl methyl sites for hydroxylation is 2. The number of esters is 1. The summed E-state index contributed by atoms with van der Waals surface area (Å²) in [6.45, 7) is 3.75. The zero-order valence-corrected chi connectivity index (χ0v) is 15.9. The third-order valence-electron chi connectivity index (χ3n) is 4.05. The van der Waals surface area contributed by atoms with E-state index in [1.807, 2.05) is 0 Å². The van der Waals surface area contributed by atoms with Gasteiger partial charge in [-0.15, -0.1) is 0 Å². The van der Waals surface area contributed by atoms with Crippen molar-refractivity contribution in [3.05, 3.63) is 52.7 Å². The molecule has 0 bridgehead atoms. The van der Waals surface area contributed by atoms with Crippen LogP contribution in [0.4, 0.5) is 5.69 Å². The van der Waals surface area contributed by atoms with Gasteiger partial charge in [-0.3, -0.25) is 18.8 Å². The Hall–Kier alpha value is -3.49. The molecule has 0 unspecified atom stereocenters. The van der Waals surface area contributed by atoms with Crippen LogP contribution < -0.4 is 10.9 Å². The van der Waals surface area contributed by atoms with E-state index >= 15 is 0 Å². The first-order valence-electron chi connectivity index (χ1n) is 8.83. The number of amides is 1. The molecule has 0 spiro atoms. The molecule has 1 N–H and O–H groups in total. The molecule has 0 aliphatic heterocycles. The van der Waals surface area contributed by atoms with E-state index in [4.69, 9.17) is 4.74 Å². The molecule has 9 heteroatoms. The second-order valence-corrected chi connectivity index (χ2v) is 6.58. The van der Waals surface area contributed by atoms with Crippen molar-refractivity contribution in [2.24, 2.45) is 7.05 Å². The summed E-state index contributed by atoms with van der Waals surface area (Å²) in [7, 11) is 1.71. The van der Waals surface area contributed by atoms with E-state index in [1.54, 1.807) is 45.2 Å². The van der Waals surface area contributed by atoms with Crippen LogP contribution in [-0.4, -0.2) is 37.3 Å². The maximum absolute atomic E-state index is 12.4. The topological polar surface area (TPSA) is 108 Å². The Labute approximate surface area is 160 Å². The lowest BCUT2D eigenvalue weighted by atomic mass is 10.2. The lowest BCUT2D eigenvalue weighted by Crippen LogP contribution is -2.23. The molecule has 1 aromatic carbocycles. The highest BCUT2D eigenvalue weighted by Crippen LogP contribution is 2.12. The maximum Gasteiger partial charge on any atom is 0.338 e. The Morgan fingerprint density at radius 3 is 2.61 bits per heavy atom. The first-order chi connectivity index (χ1) is 13.3. The Balaban J connectivity index is 1.59. The third kappa shape index (κ3) is 4.25. The number of carbonyl (C=O) groups is 2. The van der Waals surface area contributed by atoms with Gasteiger partial charge in [-0.25, -0.2) is 9.78 Å². The van der Waals surface area contributed by atoms with Crippen molar-refractivity contribution >= 4 is 28.6 Å². The summed E-state index contributed by atoms with van der Waals surface area (Å²) in [5.74, 6) is -0.666. The Morgan fingerprint density at radius 2 is 1.93 bits per heavy atom. The van der Waals surface area contributed by atoms with E-state index in [0.717, 1.165) is 0 Å². The number of benzene rings is 1. The summed E-state index contributed by atoms with van der Waals surface area (Å²) in [6, 6.07) is 6.44. The van der Waals surface area contributed by atoms with Crippen molar-refractivity contribution in [2.45, 2.75) is 32.9 Å². The predicted molar refractivity (Wildman–Crippen MR) is 103 cm³/mol. The standard InChI is InChI=1S/C19H21N5O4/c1-12(2)28-19(27)13-4-6-14(7-5-13)22-16(25)8-9-24-11-20-17-15(18(24)26)10-21-23(17)3/h4-7,10-12H,8-9H2,1-3H3,(H,22,25). The van der Waals surface area contributed by atoms with E-state index in [-0.39, 0.29) is 30.5 Å². The molecule has 2 heterocycles. The zero-order valence-electron chi connectivity index (χ0n) is 15.9. The fourth-order valence-electron chi connectivity index (χ4n) is 2.64. The number of carbonyl (C=O) groups excluding carboxylic acids is 2. The van der Waals surface area contributed by atoms with E-state index in [1.165, 1.54) is 21.8 Å². The van der Waals surface area contributed by atoms with Gasteiger partial charge in [0.1, 0.15) is 5.39 Å². The van der Waals surface area contributed by atoms with Crippen molar-refractivity contribution in [1.82, 2.24) is 19.3 Å². The van der Waals surface area contributed by atoms with Crippen LogP contribution in [0, 0.1) is 0 Å². The summed E-state index contributed by atoms with van der Waals surface area (Å²) < 4.78 is 8.02. The highest BCUT2D eigenvalue weighted by molar-refractivity contribution is 5.93. The highest BCUT2D eigenvalue weighted by atomic mass is 16.5. The van der Waals surface area contributed by atoms with Gasteiger partial charge < -0.3 is 10.1 Å². The van der Waals surface area contributed by atoms with Gasteiger partial charge in [0.25, 0.3) is 5.56 Å². The summed E-state index contributed by atoms with van der Waals surface area (Å²) in [5.41, 5.74) is 1.23. The number of rotatable bonds is 6. The summed E-state index contributed by atoms with van der Waals surface area (Å²) in [5, 5.41) is 7.16. The van der Waals surface area contributed by atoms with Gasteiger partial charge in [0.2, 0.25) is 5.91 Å². The summed E-state index contributed by atoms with van der Waals surface area (Å²) >= 11 is 0. The second-order valence-electron chi connectivity index (χ2n) is 6.58. The largest absolute Gasteiger partial charge is 0.459 e. The van der Waals surface area contributed by atoms with Crippen molar-refractivity contribution in [3.63, 3.8) is 0 Å². The van der Waals surface area contributed by atoms with Crippen molar-refractivity contribution < 1.29 is 14.3 Å². The number of nitrogens with one attached hydrogen (secondary N) is 1. The number of fused-ring (bicyclic) bond motifs is 1. The molecular weight excluding hydrogens is 362 g/mol. The monoisotopic (exact) mass is 383 g/mol. The van der Waals surface area contributed by atoms with Gasteiger partial charge in [-0.05, 0) is 38.1 Å². The number of hydrogen-bond acceptors (Lipinski definition) is 6. The third-order valence-corrected chi connectivity index (χ3v) is 4.05. The number of ether oxygens (including phenoxy) is 1. The highest BCUT2D eigenvalue weighted by Gasteiger charge is 2.11. The molecule has 3 aromatic rings. The fourth-order valence-corrected chi connectivity index (χ4v) is 2.64. The molecule has 2 aromatic heterocycles. The molecule has 0 saturated carbocycles. The molecule has 0 aliphatic carbocycles. The molecule has 0 aliphatic rings. The normalized spacial score (nSPS) is 11.0. The number of anilines is 1. The number of nitrogens with zero attached hydrogens (tertiary/aromatic N) is 4. The Bertz CT molecular complexity index is 1070. The van der Waals surface area contributed by atoms with Crippen molar-refractivity contribution in [3.8, 4) is 0 Å². The van der Waals surface area contributed by atoms with Crippen LogP contribution in [0.5, 0.6) is 0 Å². The van der Waals surface area contributed by atoms with Crippen LogP contribution in [0.15, 0.2) is 41.6 Å². The van der Waals surface area contributed by atoms with Gasteiger partial charge in [-0.2, -0.15) is 5.10 Å². The predicted octanol–water partition coefficient (Wildman–Crippen LogP) is 1.72. The SMILES string of the molecule is CC(C)OC(=O)c1ccc(NC(=O)CCn2cnc3c(cnn3C)c2=O)cc1. The van der Waals surface area contributed by atoms with Crippen LogP contribution in [-0.2, 0) is 23.1 Å². The molecule has 0 atom stereocenters. The molecule has 0 saturated heterocycles. The average Bonchev–Trinajstić information content (AvgIpc) is 3.03. The summed E-state index contributed by atoms with van der Waals surface area (Å²) in [6.07, 6.45) is 2.78. The molecule has 0 radical (unpaired) electrons. The number of hydrogen-bond donors (Lipinski definition) is 1. The van der Waals surface area contributed by atoms with E-state index < -0.39 is 5.97 Å². The first-order valence-corrected chi connectivity index (χ1v) is 8.83. The maximum atomic E-state index is 12.4. The molecule has 9 nitrogen and oxygen atoms in total. The van der Waals surface area contributed by atoms with Crippen LogP contribution in [0.25, 0.3) is 11.0 Å². The second kappa shape index (κ2) is 8.03. The minimum Gasteiger partial charge on any atom is -0.459 e. The van der Waals surface area contributed by atoms with Crippen LogP contribution in [0.1, 0.15) is 30.6 Å². The molecule has 146 valence electrons. The van der Waals surface area contributed by atoms with E-state index in [0.29, 0.717) is 22.3 Å². The lowest BCUT2D eigenvalue weighted by Gasteiger charge is -2.09. The van der Waals surface area contributed by atoms with Crippen LogP contribution in [0.3, 0.4) is 0 Å². The first kappa shape index (κ1) is 19.3. The molecule has 3 rings (SSSR count). The minimum absolute atomic E-state index is 0.102.